The molecule has 0 saturated carbocycles. The first-order valence-corrected chi connectivity index (χ1v) is 5.46. The number of pyridine rings is 1. The summed E-state index contributed by atoms with van der Waals surface area (Å²) in [6, 6.07) is 1.18. The number of ether oxygens (including phenoxy) is 1. The highest BCUT2D eigenvalue weighted by Gasteiger charge is 2.13. The van der Waals surface area contributed by atoms with Crippen molar-refractivity contribution in [2.24, 2.45) is 0 Å². The van der Waals surface area contributed by atoms with E-state index in [0.29, 0.717) is 5.56 Å². The van der Waals surface area contributed by atoms with Gasteiger partial charge in [-0.15, -0.1) is 0 Å². The Balaban J connectivity index is 2.89. The minimum Gasteiger partial charge on any atom is -0.466 e. The lowest BCUT2D eigenvalue weighted by Gasteiger charge is -2.06. The number of nitrogens with zero attached hydrogens (tertiary/aromatic N) is 2. The fraction of sp³-hybridized carbons (Fsp3) is 0.455. The number of rotatable bonds is 5. The van der Waals surface area contributed by atoms with Crippen LogP contribution in [0.5, 0.6) is 0 Å². The van der Waals surface area contributed by atoms with Gasteiger partial charge < -0.3 is 9.30 Å². The Morgan fingerprint density at radius 3 is 2.78 bits per heavy atom. The summed E-state index contributed by atoms with van der Waals surface area (Å²) in [6.07, 6.45) is 1.16. The van der Waals surface area contributed by atoms with Gasteiger partial charge in [0.2, 0.25) is 0 Å². The van der Waals surface area contributed by atoms with Gasteiger partial charge in [0.05, 0.1) is 24.1 Å². The number of hydrogen-bond donors (Lipinski definition) is 0. The summed E-state index contributed by atoms with van der Waals surface area (Å²) in [5.74, 6) is -0.437. The molecule has 0 unspecified atom stereocenters. The largest absolute Gasteiger partial charge is 0.466 e. The standard InChI is InChI=1S/C11H14N2O5/c1-3-18-11(15)4-5-12-7-9(13(16)17)8(2)6-10(12)14/h6-7H,3-5H2,1-2H3. The molecule has 18 heavy (non-hydrogen) atoms. The molecule has 0 aromatic carbocycles. The maximum atomic E-state index is 11.6. The highest BCUT2D eigenvalue weighted by Crippen LogP contribution is 2.14. The van der Waals surface area contributed by atoms with E-state index in [-0.39, 0.29) is 30.8 Å². The van der Waals surface area contributed by atoms with Gasteiger partial charge in [-0.3, -0.25) is 19.7 Å². The summed E-state index contributed by atoms with van der Waals surface area (Å²) < 4.78 is 5.86. The Hall–Kier alpha value is -2.18. The van der Waals surface area contributed by atoms with Gasteiger partial charge in [-0.05, 0) is 13.8 Å². The molecule has 0 radical (unpaired) electrons. The minimum absolute atomic E-state index is 0.00790. The zero-order chi connectivity index (χ0) is 13.7. The quantitative estimate of drug-likeness (QED) is 0.444. The second-order valence-corrected chi connectivity index (χ2v) is 3.69. The van der Waals surface area contributed by atoms with Crippen molar-refractivity contribution in [1.29, 1.82) is 0 Å². The van der Waals surface area contributed by atoms with E-state index in [1.165, 1.54) is 13.0 Å². The van der Waals surface area contributed by atoms with Gasteiger partial charge in [-0.1, -0.05) is 0 Å². The van der Waals surface area contributed by atoms with Crippen molar-refractivity contribution in [3.8, 4) is 0 Å². The maximum Gasteiger partial charge on any atom is 0.307 e. The molecule has 0 N–H and O–H groups in total. The molecule has 7 heteroatoms. The van der Waals surface area contributed by atoms with Crippen molar-refractivity contribution in [2.75, 3.05) is 6.61 Å². The van der Waals surface area contributed by atoms with Gasteiger partial charge in [0, 0.05) is 18.2 Å². The molecule has 0 aliphatic rings. The van der Waals surface area contributed by atoms with Crippen LogP contribution >= 0.6 is 0 Å². The van der Waals surface area contributed by atoms with Crippen molar-refractivity contribution in [2.45, 2.75) is 26.8 Å². The molecule has 1 rings (SSSR count). The summed E-state index contributed by atoms with van der Waals surface area (Å²) in [6.45, 7) is 3.51. The average molecular weight is 254 g/mol. The molecular formula is C11H14N2O5. The summed E-state index contributed by atoms with van der Waals surface area (Å²) in [4.78, 5) is 32.9. The van der Waals surface area contributed by atoms with Crippen LogP contribution in [0.4, 0.5) is 5.69 Å². The second-order valence-electron chi connectivity index (χ2n) is 3.69. The van der Waals surface area contributed by atoms with Crippen LogP contribution in [0.25, 0.3) is 0 Å². The number of esters is 1. The van der Waals surface area contributed by atoms with Gasteiger partial charge in [-0.2, -0.15) is 0 Å². The van der Waals surface area contributed by atoms with Crippen molar-refractivity contribution in [3.05, 3.63) is 38.3 Å². The Bertz CT molecular complexity index is 521. The third kappa shape index (κ3) is 3.41. The van der Waals surface area contributed by atoms with E-state index in [1.807, 2.05) is 0 Å². The summed E-state index contributed by atoms with van der Waals surface area (Å²) in [7, 11) is 0. The summed E-state index contributed by atoms with van der Waals surface area (Å²) in [5, 5.41) is 10.7. The number of aromatic nitrogens is 1. The predicted octanol–water partition coefficient (Wildman–Crippen LogP) is 1.02. The molecule has 0 amide bonds. The van der Waals surface area contributed by atoms with E-state index in [0.717, 1.165) is 10.8 Å². The number of carbonyl (C=O) groups excluding carboxylic acids is 1. The fourth-order valence-electron chi connectivity index (χ4n) is 1.47. The zero-order valence-electron chi connectivity index (χ0n) is 10.2. The Kier molecular flexibility index (Phi) is 4.59. The van der Waals surface area contributed by atoms with Gasteiger partial charge in [-0.25, -0.2) is 0 Å². The molecule has 7 nitrogen and oxygen atoms in total. The lowest BCUT2D eigenvalue weighted by atomic mass is 10.2. The normalized spacial score (nSPS) is 10.1. The Morgan fingerprint density at radius 1 is 1.56 bits per heavy atom. The molecule has 1 aromatic rings. The van der Waals surface area contributed by atoms with E-state index >= 15 is 0 Å². The smallest absolute Gasteiger partial charge is 0.307 e. The highest BCUT2D eigenvalue weighted by molar-refractivity contribution is 5.69. The van der Waals surface area contributed by atoms with Crippen LogP contribution in [0.1, 0.15) is 18.9 Å². The van der Waals surface area contributed by atoms with E-state index in [9.17, 15) is 19.7 Å². The van der Waals surface area contributed by atoms with Crippen LogP contribution in [0.15, 0.2) is 17.1 Å². The minimum atomic E-state index is -0.560. The third-order valence-corrected chi connectivity index (χ3v) is 2.36. The molecule has 98 valence electrons. The molecule has 0 aliphatic heterocycles. The number of carbonyl (C=O) groups is 1. The van der Waals surface area contributed by atoms with Gasteiger partial charge >= 0.3 is 5.97 Å². The summed E-state index contributed by atoms with van der Waals surface area (Å²) >= 11 is 0. The van der Waals surface area contributed by atoms with Crippen LogP contribution in [0.3, 0.4) is 0 Å². The second kappa shape index (κ2) is 5.95. The predicted molar refractivity (Wildman–Crippen MR) is 63.3 cm³/mol. The van der Waals surface area contributed by atoms with E-state index < -0.39 is 10.9 Å². The summed E-state index contributed by atoms with van der Waals surface area (Å²) in [5.41, 5.74) is -0.210. The molecule has 0 aliphatic carbocycles. The molecule has 0 saturated heterocycles. The average Bonchev–Trinajstić information content (AvgIpc) is 2.27. The first-order chi connectivity index (χ1) is 8.45. The van der Waals surface area contributed by atoms with Crippen LogP contribution in [-0.2, 0) is 16.1 Å². The van der Waals surface area contributed by atoms with Crippen molar-refractivity contribution in [3.63, 3.8) is 0 Å². The van der Waals surface area contributed by atoms with Crippen LogP contribution in [0, 0.1) is 17.0 Å². The molecule has 0 fully saturated rings. The first kappa shape index (κ1) is 13.9. The third-order valence-electron chi connectivity index (χ3n) is 2.36. The fourth-order valence-corrected chi connectivity index (χ4v) is 1.47. The number of aryl methyl sites for hydroxylation is 2. The Morgan fingerprint density at radius 2 is 2.22 bits per heavy atom. The molecular weight excluding hydrogens is 240 g/mol. The number of hydrogen-bond acceptors (Lipinski definition) is 5. The maximum absolute atomic E-state index is 11.6. The SMILES string of the molecule is CCOC(=O)CCn1cc([N+](=O)[O-])c(C)cc1=O. The number of nitro groups is 1. The van der Waals surface area contributed by atoms with Crippen molar-refractivity contribution >= 4 is 11.7 Å². The lowest BCUT2D eigenvalue weighted by molar-refractivity contribution is -0.385. The van der Waals surface area contributed by atoms with Crippen LogP contribution in [0.2, 0.25) is 0 Å². The van der Waals surface area contributed by atoms with Crippen LogP contribution < -0.4 is 5.56 Å². The Labute approximate surface area is 103 Å². The molecule has 0 bridgehead atoms. The van der Waals surface area contributed by atoms with E-state index in [2.05, 4.69) is 0 Å². The topological polar surface area (TPSA) is 91.4 Å². The molecule has 0 spiro atoms. The van der Waals surface area contributed by atoms with Gasteiger partial charge in [0.1, 0.15) is 0 Å². The molecule has 1 aromatic heterocycles. The lowest BCUT2D eigenvalue weighted by Crippen LogP contribution is -2.22. The van der Waals surface area contributed by atoms with Crippen molar-refractivity contribution in [1.82, 2.24) is 4.57 Å². The van der Waals surface area contributed by atoms with Crippen molar-refractivity contribution < 1.29 is 14.5 Å². The van der Waals surface area contributed by atoms with E-state index in [4.69, 9.17) is 4.74 Å². The zero-order valence-corrected chi connectivity index (χ0v) is 10.2. The monoisotopic (exact) mass is 254 g/mol. The van der Waals surface area contributed by atoms with Crippen LogP contribution in [-0.4, -0.2) is 22.1 Å². The van der Waals surface area contributed by atoms with E-state index in [1.54, 1.807) is 6.92 Å². The highest BCUT2D eigenvalue weighted by atomic mass is 16.6. The molecule has 0 atom stereocenters. The van der Waals surface area contributed by atoms with Gasteiger partial charge in [0.25, 0.3) is 11.2 Å². The first-order valence-electron chi connectivity index (χ1n) is 5.46. The molecule has 1 heterocycles. The van der Waals surface area contributed by atoms with Gasteiger partial charge in [0.15, 0.2) is 0 Å².